The average molecular weight is 290 g/mol. The molecule has 1 aliphatic heterocycles. The summed E-state index contributed by atoms with van der Waals surface area (Å²) in [6.45, 7) is 6.50. The van der Waals surface area contributed by atoms with Crippen LogP contribution in [0, 0.1) is 0 Å². The quantitative estimate of drug-likeness (QED) is 0.749. The fourth-order valence-electron chi connectivity index (χ4n) is 2.74. The predicted molar refractivity (Wildman–Crippen MR) is 83.8 cm³/mol. The molecule has 1 saturated heterocycles. The molecule has 1 aromatic carbocycles. The van der Waals surface area contributed by atoms with Gasteiger partial charge in [-0.15, -0.1) is 0 Å². The minimum atomic E-state index is -0.201. The van der Waals surface area contributed by atoms with Crippen molar-refractivity contribution in [1.29, 1.82) is 0 Å². The second kappa shape index (κ2) is 8.15. The van der Waals surface area contributed by atoms with Crippen LogP contribution < -0.4 is 5.32 Å². The molecule has 116 valence electrons. The molecule has 1 heterocycles. The van der Waals surface area contributed by atoms with Gasteiger partial charge in [-0.05, 0) is 24.8 Å². The number of nitrogens with zero attached hydrogens (tertiary/aromatic N) is 1. The highest BCUT2D eigenvalue weighted by Gasteiger charge is 2.38. The van der Waals surface area contributed by atoms with Gasteiger partial charge >= 0.3 is 0 Å². The van der Waals surface area contributed by atoms with Crippen molar-refractivity contribution in [3.8, 4) is 0 Å². The molecule has 21 heavy (non-hydrogen) atoms. The highest BCUT2D eigenvalue weighted by atomic mass is 16.5. The number of ether oxygens (including phenoxy) is 1. The molecule has 1 fully saturated rings. The summed E-state index contributed by atoms with van der Waals surface area (Å²) in [5.41, 5.74) is 1.05. The second-order valence-corrected chi connectivity index (χ2v) is 5.43. The summed E-state index contributed by atoms with van der Waals surface area (Å²) in [4.78, 5) is 14.6. The molecule has 0 bridgehead atoms. The van der Waals surface area contributed by atoms with E-state index in [1.165, 1.54) is 0 Å². The Morgan fingerprint density at radius 1 is 1.19 bits per heavy atom. The summed E-state index contributed by atoms with van der Waals surface area (Å²) in [7, 11) is 0. The monoisotopic (exact) mass is 290 g/mol. The summed E-state index contributed by atoms with van der Waals surface area (Å²) < 4.78 is 5.50. The molecule has 4 heteroatoms. The first-order chi connectivity index (χ1) is 10.3. The SMILES string of the molecule is CCCOCCCN1C(=O)C(c2ccccc2)NC1CC. The number of nitrogens with one attached hydrogen (secondary N) is 1. The van der Waals surface area contributed by atoms with Gasteiger partial charge in [-0.2, -0.15) is 0 Å². The highest BCUT2D eigenvalue weighted by molar-refractivity contribution is 5.85. The molecular weight excluding hydrogens is 264 g/mol. The lowest BCUT2D eigenvalue weighted by Gasteiger charge is -2.22. The number of rotatable bonds is 8. The van der Waals surface area contributed by atoms with Crippen LogP contribution >= 0.6 is 0 Å². The zero-order valence-corrected chi connectivity index (χ0v) is 13.0. The lowest BCUT2D eigenvalue weighted by molar-refractivity contribution is -0.130. The maximum atomic E-state index is 12.6. The van der Waals surface area contributed by atoms with Crippen LogP contribution in [0.5, 0.6) is 0 Å². The van der Waals surface area contributed by atoms with E-state index in [0.717, 1.165) is 44.6 Å². The highest BCUT2D eigenvalue weighted by Crippen LogP contribution is 2.25. The predicted octanol–water partition coefficient (Wildman–Crippen LogP) is 2.71. The maximum absolute atomic E-state index is 12.6. The summed E-state index contributed by atoms with van der Waals surface area (Å²) in [6.07, 6.45) is 2.99. The first-order valence-electron chi connectivity index (χ1n) is 7.97. The normalized spacial score (nSPS) is 22.0. The Morgan fingerprint density at radius 3 is 2.62 bits per heavy atom. The van der Waals surface area contributed by atoms with Crippen molar-refractivity contribution < 1.29 is 9.53 Å². The number of carbonyl (C=O) groups is 1. The van der Waals surface area contributed by atoms with Crippen molar-refractivity contribution in [1.82, 2.24) is 10.2 Å². The third-order valence-electron chi connectivity index (χ3n) is 3.82. The van der Waals surface area contributed by atoms with Gasteiger partial charge in [0, 0.05) is 19.8 Å². The van der Waals surface area contributed by atoms with E-state index in [1.54, 1.807) is 0 Å². The van der Waals surface area contributed by atoms with Crippen LogP contribution in [0.25, 0.3) is 0 Å². The molecule has 0 aliphatic carbocycles. The van der Waals surface area contributed by atoms with Crippen LogP contribution in [-0.2, 0) is 9.53 Å². The van der Waals surface area contributed by atoms with Gasteiger partial charge < -0.3 is 9.64 Å². The van der Waals surface area contributed by atoms with Crippen molar-refractivity contribution in [2.45, 2.75) is 45.3 Å². The fraction of sp³-hybridized carbons (Fsp3) is 0.588. The largest absolute Gasteiger partial charge is 0.381 e. The maximum Gasteiger partial charge on any atom is 0.245 e. The molecule has 4 nitrogen and oxygen atoms in total. The Morgan fingerprint density at radius 2 is 1.95 bits per heavy atom. The Bertz CT molecular complexity index is 436. The molecule has 1 amide bonds. The van der Waals surface area contributed by atoms with Crippen molar-refractivity contribution >= 4 is 5.91 Å². The van der Waals surface area contributed by atoms with E-state index in [9.17, 15) is 4.79 Å². The zero-order valence-electron chi connectivity index (χ0n) is 13.0. The topological polar surface area (TPSA) is 41.6 Å². The molecule has 0 aromatic heterocycles. The number of carbonyl (C=O) groups excluding carboxylic acids is 1. The van der Waals surface area contributed by atoms with E-state index in [2.05, 4.69) is 19.2 Å². The van der Waals surface area contributed by atoms with Gasteiger partial charge in [0.15, 0.2) is 0 Å². The smallest absolute Gasteiger partial charge is 0.245 e. The molecule has 2 atom stereocenters. The Kier molecular flexibility index (Phi) is 6.21. The first-order valence-corrected chi connectivity index (χ1v) is 7.97. The van der Waals surface area contributed by atoms with Gasteiger partial charge in [-0.1, -0.05) is 44.2 Å². The molecule has 0 radical (unpaired) electrons. The zero-order chi connectivity index (χ0) is 15.1. The molecule has 1 aliphatic rings. The summed E-state index contributed by atoms with van der Waals surface area (Å²) in [5, 5.41) is 3.44. The Balaban J connectivity index is 1.93. The second-order valence-electron chi connectivity index (χ2n) is 5.43. The minimum absolute atomic E-state index is 0.133. The van der Waals surface area contributed by atoms with Crippen molar-refractivity contribution in [2.75, 3.05) is 19.8 Å². The van der Waals surface area contributed by atoms with E-state index in [-0.39, 0.29) is 18.1 Å². The number of amides is 1. The van der Waals surface area contributed by atoms with Crippen LogP contribution in [0.1, 0.15) is 44.7 Å². The third kappa shape index (κ3) is 4.05. The van der Waals surface area contributed by atoms with Gasteiger partial charge in [0.05, 0.1) is 6.17 Å². The summed E-state index contributed by atoms with van der Waals surface area (Å²) in [6, 6.07) is 9.75. The Labute approximate surface area is 127 Å². The van der Waals surface area contributed by atoms with Gasteiger partial charge in [0.25, 0.3) is 0 Å². The van der Waals surface area contributed by atoms with Crippen molar-refractivity contribution in [3.63, 3.8) is 0 Å². The van der Waals surface area contributed by atoms with E-state index in [0.29, 0.717) is 0 Å². The molecular formula is C17H26N2O2. The van der Waals surface area contributed by atoms with E-state index < -0.39 is 0 Å². The average Bonchev–Trinajstić information content (AvgIpc) is 2.84. The molecule has 0 spiro atoms. The van der Waals surface area contributed by atoms with Gasteiger partial charge in [-0.25, -0.2) is 0 Å². The van der Waals surface area contributed by atoms with Crippen LogP contribution in [-0.4, -0.2) is 36.7 Å². The number of benzene rings is 1. The molecule has 2 unspecified atom stereocenters. The van der Waals surface area contributed by atoms with Crippen molar-refractivity contribution in [3.05, 3.63) is 35.9 Å². The lowest BCUT2D eigenvalue weighted by Crippen LogP contribution is -2.37. The number of hydrogen-bond acceptors (Lipinski definition) is 3. The molecule has 0 saturated carbocycles. The molecule has 1 N–H and O–H groups in total. The van der Waals surface area contributed by atoms with Crippen LogP contribution in [0.4, 0.5) is 0 Å². The first kappa shape index (κ1) is 16.0. The van der Waals surface area contributed by atoms with E-state index in [4.69, 9.17) is 4.74 Å². The molecule has 2 rings (SSSR count). The molecule has 1 aromatic rings. The summed E-state index contributed by atoms with van der Waals surface area (Å²) in [5.74, 6) is 0.184. The van der Waals surface area contributed by atoms with Gasteiger partial charge in [0.1, 0.15) is 6.04 Å². The van der Waals surface area contributed by atoms with E-state index >= 15 is 0 Å². The van der Waals surface area contributed by atoms with Crippen LogP contribution in [0.2, 0.25) is 0 Å². The van der Waals surface area contributed by atoms with Crippen LogP contribution in [0.3, 0.4) is 0 Å². The minimum Gasteiger partial charge on any atom is -0.381 e. The van der Waals surface area contributed by atoms with Crippen molar-refractivity contribution in [2.24, 2.45) is 0 Å². The van der Waals surface area contributed by atoms with E-state index in [1.807, 2.05) is 35.2 Å². The standard InChI is InChI=1S/C17H26N2O2/c1-3-12-21-13-8-11-19-15(4-2)18-16(17(19)20)14-9-6-5-7-10-14/h5-7,9-10,15-16,18H,3-4,8,11-13H2,1-2H3. The fourth-order valence-corrected chi connectivity index (χ4v) is 2.74. The lowest BCUT2D eigenvalue weighted by atomic mass is 10.1. The van der Waals surface area contributed by atoms with Gasteiger partial charge in [-0.3, -0.25) is 10.1 Å². The van der Waals surface area contributed by atoms with Crippen LogP contribution in [0.15, 0.2) is 30.3 Å². The third-order valence-corrected chi connectivity index (χ3v) is 3.82. The number of hydrogen-bond donors (Lipinski definition) is 1. The Hall–Kier alpha value is -1.39. The summed E-state index contributed by atoms with van der Waals surface area (Å²) >= 11 is 0. The van der Waals surface area contributed by atoms with Gasteiger partial charge in [0.2, 0.25) is 5.91 Å².